The molecule has 1 heterocycles. The molecule has 0 bridgehead atoms. The van der Waals surface area contributed by atoms with Crippen molar-refractivity contribution in [3.05, 3.63) is 0 Å². The van der Waals surface area contributed by atoms with E-state index >= 15 is 0 Å². The van der Waals surface area contributed by atoms with Gasteiger partial charge in [0.05, 0.1) is 19.3 Å². The summed E-state index contributed by atoms with van der Waals surface area (Å²) in [5.74, 6) is -1.78. The number of hydrogen-bond donors (Lipinski definition) is 0. The third-order valence-corrected chi connectivity index (χ3v) is 2.95. The van der Waals surface area contributed by atoms with Gasteiger partial charge < -0.3 is 14.3 Å². The molecule has 0 aliphatic carbocycles. The summed E-state index contributed by atoms with van der Waals surface area (Å²) in [6.07, 6.45) is 1.18. The summed E-state index contributed by atoms with van der Waals surface area (Å²) in [5.41, 5.74) is 0.193. The molecule has 1 rings (SSSR count). The minimum absolute atomic E-state index is 0.0759. The van der Waals surface area contributed by atoms with E-state index < -0.39 is 17.8 Å². The standard InChI is InChI=1S/C15H25NO6/c1-11(9-15(2,3)4)21-8-7-20-10-14(19)22-16-12(17)5-6-13(16)18/h11H,5-10H2,1-4H3. The summed E-state index contributed by atoms with van der Waals surface area (Å²) in [6, 6.07) is 0. The molecule has 0 radical (unpaired) electrons. The van der Waals surface area contributed by atoms with E-state index in [4.69, 9.17) is 9.47 Å². The average molecular weight is 315 g/mol. The van der Waals surface area contributed by atoms with Crippen molar-refractivity contribution < 1.29 is 28.7 Å². The normalized spacial score (nSPS) is 17.0. The molecule has 0 aromatic carbocycles. The lowest BCUT2D eigenvalue weighted by Gasteiger charge is -2.23. The molecule has 1 saturated heterocycles. The molecule has 0 aromatic heterocycles. The fourth-order valence-electron chi connectivity index (χ4n) is 2.17. The van der Waals surface area contributed by atoms with Crippen molar-refractivity contribution in [3.63, 3.8) is 0 Å². The summed E-state index contributed by atoms with van der Waals surface area (Å²) in [5, 5.41) is 0.508. The smallest absolute Gasteiger partial charge is 0.358 e. The van der Waals surface area contributed by atoms with Crippen LogP contribution in [0.5, 0.6) is 0 Å². The maximum absolute atomic E-state index is 11.4. The van der Waals surface area contributed by atoms with E-state index in [9.17, 15) is 14.4 Å². The average Bonchev–Trinajstić information content (AvgIpc) is 2.68. The van der Waals surface area contributed by atoms with E-state index in [-0.39, 0.29) is 37.6 Å². The molecule has 1 aliphatic rings. The van der Waals surface area contributed by atoms with Gasteiger partial charge in [0.2, 0.25) is 0 Å². The van der Waals surface area contributed by atoms with Crippen molar-refractivity contribution in [2.45, 2.75) is 53.1 Å². The highest BCUT2D eigenvalue weighted by Crippen LogP contribution is 2.21. The molecule has 7 heteroatoms. The Morgan fingerprint density at radius 2 is 1.77 bits per heavy atom. The van der Waals surface area contributed by atoms with Crippen LogP contribution < -0.4 is 0 Å². The first-order valence-electron chi connectivity index (χ1n) is 7.45. The summed E-state index contributed by atoms with van der Waals surface area (Å²) < 4.78 is 10.7. The number of rotatable bonds is 8. The van der Waals surface area contributed by atoms with E-state index in [0.29, 0.717) is 11.7 Å². The van der Waals surface area contributed by atoms with Crippen molar-refractivity contribution in [2.75, 3.05) is 19.8 Å². The first-order valence-corrected chi connectivity index (χ1v) is 7.45. The van der Waals surface area contributed by atoms with E-state index in [0.717, 1.165) is 6.42 Å². The molecule has 1 atom stereocenters. The van der Waals surface area contributed by atoms with Crippen molar-refractivity contribution in [1.29, 1.82) is 0 Å². The fourth-order valence-corrected chi connectivity index (χ4v) is 2.17. The SMILES string of the molecule is CC(CC(C)(C)C)OCCOCC(=O)ON1C(=O)CCC1=O. The minimum Gasteiger partial charge on any atom is -0.376 e. The maximum Gasteiger partial charge on any atom is 0.358 e. The number of hydroxylamine groups is 2. The van der Waals surface area contributed by atoms with Gasteiger partial charge in [-0.3, -0.25) is 9.59 Å². The highest BCUT2D eigenvalue weighted by atomic mass is 16.7. The molecular weight excluding hydrogens is 290 g/mol. The number of amides is 2. The molecule has 0 aromatic rings. The quantitative estimate of drug-likeness (QED) is 0.498. The molecule has 0 saturated carbocycles. The summed E-state index contributed by atoms with van der Waals surface area (Å²) >= 11 is 0. The molecule has 1 fully saturated rings. The van der Waals surface area contributed by atoms with Crippen LogP contribution in [-0.4, -0.2) is 48.8 Å². The summed E-state index contributed by atoms with van der Waals surface area (Å²) in [7, 11) is 0. The molecular formula is C15H25NO6. The first-order chi connectivity index (χ1) is 10.2. The van der Waals surface area contributed by atoms with Crippen LogP contribution in [0.25, 0.3) is 0 Å². The van der Waals surface area contributed by atoms with Crippen LogP contribution in [0.2, 0.25) is 0 Å². The topological polar surface area (TPSA) is 82.1 Å². The highest BCUT2D eigenvalue weighted by molar-refractivity contribution is 6.01. The zero-order valence-corrected chi connectivity index (χ0v) is 13.7. The van der Waals surface area contributed by atoms with E-state index in [1.165, 1.54) is 0 Å². The first kappa shape index (κ1) is 18.6. The lowest BCUT2D eigenvalue weighted by atomic mass is 9.90. The molecule has 22 heavy (non-hydrogen) atoms. The second kappa shape index (κ2) is 8.24. The second-order valence-electron chi connectivity index (χ2n) is 6.54. The monoisotopic (exact) mass is 315 g/mol. The number of imide groups is 1. The minimum atomic E-state index is -0.772. The molecule has 1 unspecified atom stereocenters. The van der Waals surface area contributed by atoms with Gasteiger partial charge in [-0.1, -0.05) is 20.8 Å². The van der Waals surface area contributed by atoms with Gasteiger partial charge in [-0.05, 0) is 18.8 Å². The lowest BCUT2D eigenvalue weighted by Crippen LogP contribution is -2.33. The predicted octanol–water partition coefficient (Wildman–Crippen LogP) is 1.45. The Hall–Kier alpha value is -1.47. The van der Waals surface area contributed by atoms with Crippen molar-refractivity contribution in [3.8, 4) is 0 Å². The van der Waals surface area contributed by atoms with E-state index in [1.807, 2.05) is 6.92 Å². The van der Waals surface area contributed by atoms with Crippen LogP contribution in [0, 0.1) is 5.41 Å². The maximum atomic E-state index is 11.4. The molecule has 1 aliphatic heterocycles. The van der Waals surface area contributed by atoms with Gasteiger partial charge in [-0.25, -0.2) is 4.79 Å². The number of ether oxygens (including phenoxy) is 2. The Bertz CT molecular complexity index is 399. The zero-order chi connectivity index (χ0) is 16.8. The van der Waals surface area contributed by atoms with Gasteiger partial charge >= 0.3 is 5.97 Å². The summed E-state index contributed by atoms with van der Waals surface area (Å²) in [6.45, 7) is 8.69. The fraction of sp³-hybridized carbons (Fsp3) is 0.800. The Kier molecular flexibility index (Phi) is 6.96. The Labute approximate surface area is 130 Å². The van der Waals surface area contributed by atoms with Gasteiger partial charge in [0.1, 0.15) is 6.61 Å². The lowest BCUT2D eigenvalue weighted by molar-refractivity contribution is -0.200. The second-order valence-corrected chi connectivity index (χ2v) is 6.54. The van der Waals surface area contributed by atoms with Gasteiger partial charge in [0.25, 0.3) is 11.8 Å². The third-order valence-electron chi connectivity index (χ3n) is 2.95. The van der Waals surface area contributed by atoms with Crippen LogP contribution in [0.3, 0.4) is 0 Å². The van der Waals surface area contributed by atoms with Crippen LogP contribution in [0.4, 0.5) is 0 Å². The van der Waals surface area contributed by atoms with Gasteiger partial charge in [-0.15, -0.1) is 5.06 Å². The number of carbonyl (C=O) groups is 3. The molecule has 7 nitrogen and oxygen atoms in total. The van der Waals surface area contributed by atoms with Crippen molar-refractivity contribution >= 4 is 17.8 Å². The van der Waals surface area contributed by atoms with Crippen molar-refractivity contribution in [2.24, 2.45) is 5.41 Å². The number of hydrogen-bond acceptors (Lipinski definition) is 6. The molecule has 0 N–H and O–H groups in total. The van der Waals surface area contributed by atoms with Crippen molar-refractivity contribution in [1.82, 2.24) is 5.06 Å². The van der Waals surface area contributed by atoms with Gasteiger partial charge in [-0.2, -0.15) is 0 Å². The van der Waals surface area contributed by atoms with E-state index in [2.05, 4.69) is 25.6 Å². The van der Waals surface area contributed by atoms with Gasteiger partial charge in [0, 0.05) is 12.8 Å². The Morgan fingerprint density at radius 3 is 2.32 bits per heavy atom. The molecule has 0 spiro atoms. The largest absolute Gasteiger partial charge is 0.376 e. The molecule has 2 amide bonds. The highest BCUT2D eigenvalue weighted by Gasteiger charge is 2.32. The Balaban J connectivity index is 2.10. The van der Waals surface area contributed by atoms with Crippen LogP contribution >= 0.6 is 0 Å². The summed E-state index contributed by atoms with van der Waals surface area (Å²) in [4.78, 5) is 38.6. The van der Waals surface area contributed by atoms with Crippen LogP contribution in [0.1, 0.15) is 47.0 Å². The number of carbonyl (C=O) groups excluding carboxylic acids is 3. The van der Waals surface area contributed by atoms with Gasteiger partial charge in [0.15, 0.2) is 0 Å². The Morgan fingerprint density at radius 1 is 1.18 bits per heavy atom. The zero-order valence-electron chi connectivity index (χ0n) is 13.7. The van der Waals surface area contributed by atoms with Crippen LogP contribution in [-0.2, 0) is 28.7 Å². The third kappa shape index (κ3) is 7.00. The molecule has 126 valence electrons. The van der Waals surface area contributed by atoms with E-state index in [1.54, 1.807) is 0 Å². The van der Waals surface area contributed by atoms with Crippen LogP contribution in [0.15, 0.2) is 0 Å². The number of nitrogens with zero attached hydrogens (tertiary/aromatic N) is 1. The predicted molar refractivity (Wildman–Crippen MR) is 77.5 cm³/mol.